The van der Waals surface area contributed by atoms with Crippen molar-refractivity contribution in [1.82, 2.24) is 29.9 Å². The van der Waals surface area contributed by atoms with Crippen molar-refractivity contribution in [3.05, 3.63) is 424 Å². The minimum absolute atomic E-state index is 0.0437. The molecule has 18 aromatic carbocycles. The normalized spacial score (nSPS) is 12.2. The standard InChI is InChI=1S/C57H35N3.C56H39N3/c1-2-15-38(16-3-1)56-49-27-14-26-43(55(49)48-25-12-13-28-52(48)58-56)36-29-31-37(32-30-36)53-35-54(50-33-39-17-4-6-19-41(39)44-21-8-10-23-46(44)50)60-57(59-53)51-34-40-18-5-7-20-42(40)45-22-9-11-24-47(45)51;1-56(2)48-22-11-9-18-44(48)45-33-32-42(34-49(45)56)36-24-28-38(29-25-36)51-35-52(59-55(58-51)41-16-7-4-8-17-41)39-30-26-37(27-31-39)43-20-13-21-47-53(43)46-19-10-12-23-50(46)57-54(47)40-14-5-3-6-15-40/h1-35H;3-35H,1-2H3. The van der Waals surface area contributed by atoms with Gasteiger partial charge in [-0.3, -0.25) is 0 Å². The minimum Gasteiger partial charge on any atom is -0.247 e. The molecule has 1 aliphatic rings. The Kier molecular flexibility index (Phi) is 17.2. The Bertz CT molecular complexity index is 7640. The Hall–Kier alpha value is -15.5. The van der Waals surface area contributed by atoms with Crippen molar-refractivity contribution in [1.29, 1.82) is 0 Å². The topological polar surface area (TPSA) is 77.3 Å². The van der Waals surface area contributed by atoms with Gasteiger partial charge < -0.3 is 0 Å². The third-order valence-electron chi connectivity index (χ3n) is 24.2. The second-order valence-electron chi connectivity index (χ2n) is 31.5. The highest BCUT2D eigenvalue weighted by Gasteiger charge is 2.35. The molecule has 23 rings (SSSR count). The SMILES string of the molecule is CC1(C)c2ccccc2-c2ccc(-c3ccc(-c4cc(-c5ccc(-c6cccc7c(-c8ccccc8)nc8ccccc8c67)cc5)nc(-c5ccccc5)n4)cc3)cc21.c1ccc(-c2nc3ccccc3c3c(-c4ccc(-c5cc(-c6cc7ccccc7c7ccccc67)nc(-c6cc7ccccc7c7ccccc67)n5)cc4)cccc23)cc1. The van der Waals surface area contributed by atoms with Gasteiger partial charge in [0.1, 0.15) is 0 Å². The summed E-state index contributed by atoms with van der Waals surface area (Å²) in [5.74, 6) is 1.40. The number of nitrogens with zero attached hydrogens (tertiary/aromatic N) is 6. The van der Waals surface area contributed by atoms with Gasteiger partial charge >= 0.3 is 0 Å². The third kappa shape index (κ3) is 12.4. The molecule has 0 spiro atoms. The van der Waals surface area contributed by atoms with Crippen LogP contribution in [0.5, 0.6) is 0 Å². The van der Waals surface area contributed by atoms with Gasteiger partial charge in [0.05, 0.1) is 45.2 Å². The van der Waals surface area contributed by atoms with Crippen LogP contribution in [-0.2, 0) is 5.41 Å². The second kappa shape index (κ2) is 29.1. The zero-order valence-electron chi connectivity index (χ0n) is 65.4. The molecule has 0 atom stereocenters. The second-order valence-corrected chi connectivity index (χ2v) is 31.5. The van der Waals surface area contributed by atoms with E-state index in [2.05, 4.69) is 408 Å². The summed E-state index contributed by atoms with van der Waals surface area (Å²) >= 11 is 0. The van der Waals surface area contributed by atoms with Gasteiger partial charge in [-0.25, -0.2) is 29.9 Å². The van der Waals surface area contributed by atoms with E-state index in [4.69, 9.17) is 29.9 Å². The van der Waals surface area contributed by atoms with Crippen LogP contribution in [0.15, 0.2) is 413 Å². The Morgan fingerprint density at radius 3 is 1.05 bits per heavy atom. The lowest BCUT2D eigenvalue weighted by atomic mass is 9.81. The maximum Gasteiger partial charge on any atom is 0.161 e. The molecule has 119 heavy (non-hydrogen) atoms. The summed E-state index contributed by atoms with van der Waals surface area (Å²) in [6.07, 6.45) is 0. The summed E-state index contributed by atoms with van der Waals surface area (Å²) in [7, 11) is 0. The van der Waals surface area contributed by atoms with Crippen LogP contribution in [0.1, 0.15) is 25.0 Å². The molecular weight excluding hydrogens is 1440 g/mol. The highest BCUT2D eigenvalue weighted by Crippen LogP contribution is 2.51. The highest BCUT2D eigenvalue weighted by atomic mass is 14.9. The predicted octanol–water partition coefficient (Wildman–Crippen LogP) is 29.6. The molecule has 4 aromatic heterocycles. The fraction of sp³-hybridized carbons (Fsp3) is 0.0265. The van der Waals surface area contributed by atoms with Crippen LogP contribution in [0.4, 0.5) is 0 Å². The van der Waals surface area contributed by atoms with E-state index in [1.165, 1.54) is 82.2 Å². The maximum absolute atomic E-state index is 5.46. The van der Waals surface area contributed by atoms with E-state index in [9.17, 15) is 0 Å². The summed E-state index contributed by atoms with van der Waals surface area (Å²) in [5.41, 5.74) is 28.3. The number of hydrogen-bond acceptors (Lipinski definition) is 6. The lowest BCUT2D eigenvalue weighted by Crippen LogP contribution is -2.14. The van der Waals surface area contributed by atoms with Crippen LogP contribution in [0.3, 0.4) is 0 Å². The number of hydrogen-bond donors (Lipinski definition) is 0. The zero-order chi connectivity index (χ0) is 79.1. The summed E-state index contributed by atoms with van der Waals surface area (Å²) in [4.78, 5) is 31.5. The average Bonchev–Trinajstić information content (AvgIpc) is 1.50. The molecule has 0 radical (unpaired) electrons. The summed E-state index contributed by atoms with van der Waals surface area (Å²) in [5, 5.41) is 16.5. The van der Waals surface area contributed by atoms with Crippen LogP contribution < -0.4 is 0 Å². The fourth-order valence-electron chi connectivity index (χ4n) is 18.3. The van der Waals surface area contributed by atoms with E-state index in [-0.39, 0.29) is 5.41 Å². The molecule has 0 saturated heterocycles. The zero-order valence-corrected chi connectivity index (χ0v) is 65.4. The molecule has 6 nitrogen and oxygen atoms in total. The van der Waals surface area contributed by atoms with Gasteiger partial charge in [0.25, 0.3) is 0 Å². The minimum atomic E-state index is -0.0437. The largest absolute Gasteiger partial charge is 0.247 e. The van der Waals surface area contributed by atoms with Crippen LogP contribution in [-0.4, -0.2) is 29.9 Å². The molecule has 0 aliphatic heterocycles. The smallest absolute Gasteiger partial charge is 0.161 e. The Morgan fingerprint density at radius 2 is 0.529 bits per heavy atom. The monoisotopic (exact) mass is 1510 g/mol. The number of benzene rings is 18. The van der Waals surface area contributed by atoms with Crippen LogP contribution >= 0.6 is 0 Å². The molecule has 0 saturated carbocycles. The lowest BCUT2D eigenvalue weighted by molar-refractivity contribution is 0.660. The first-order chi connectivity index (χ1) is 58.7. The van der Waals surface area contributed by atoms with E-state index >= 15 is 0 Å². The van der Waals surface area contributed by atoms with E-state index in [0.29, 0.717) is 11.6 Å². The Morgan fingerprint density at radius 1 is 0.176 bits per heavy atom. The predicted molar refractivity (Wildman–Crippen MR) is 497 cm³/mol. The molecule has 0 bridgehead atoms. The molecule has 6 heteroatoms. The molecule has 22 aromatic rings. The van der Waals surface area contributed by atoms with Crippen molar-refractivity contribution >= 4 is 86.4 Å². The number of pyridine rings is 2. The van der Waals surface area contributed by atoms with Gasteiger partial charge in [-0.05, 0) is 141 Å². The average molecular weight is 1520 g/mol. The van der Waals surface area contributed by atoms with E-state index in [1.807, 2.05) is 18.2 Å². The Labute approximate surface area is 689 Å². The van der Waals surface area contributed by atoms with Gasteiger partial charge in [-0.1, -0.05) is 384 Å². The number of aromatic nitrogens is 6. The Balaban J connectivity index is 0.000000143. The van der Waals surface area contributed by atoms with Crippen LogP contribution in [0.25, 0.3) is 221 Å². The summed E-state index contributed by atoms with van der Waals surface area (Å²) < 4.78 is 0. The number of para-hydroxylation sites is 2. The van der Waals surface area contributed by atoms with Crippen molar-refractivity contribution in [2.45, 2.75) is 19.3 Å². The fourth-order valence-corrected chi connectivity index (χ4v) is 18.3. The van der Waals surface area contributed by atoms with Crippen molar-refractivity contribution in [3.63, 3.8) is 0 Å². The van der Waals surface area contributed by atoms with E-state index in [0.717, 1.165) is 139 Å². The molecule has 0 fully saturated rings. The molecular formula is C113H74N6. The molecule has 4 heterocycles. The van der Waals surface area contributed by atoms with Crippen LogP contribution in [0, 0.1) is 0 Å². The van der Waals surface area contributed by atoms with E-state index < -0.39 is 0 Å². The first-order valence-corrected chi connectivity index (χ1v) is 40.7. The molecule has 0 amide bonds. The van der Waals surface area contributed by atoms with Gasteiger partial charge in [0.2, 0.25) is 0 Å². The maximum atomic E-state index is 5.46. The number of rotatable bonds is 11. The van der Waals surface area contributed by atoms with Crippen molar-refractivity contribution in [2.24, 2.45) is 0 Å². The van der Waals surface area contributed by atoms with Gasteiger partial charge in [-0.2, -0.15) is 0 Å². The molecule has 0 N–H and O–H groups in total. The highest BCUT2D eigenvalue weighted by molar-refractivity contribution is 6.20. The lowest BCUT2D eigenvalue weighted by Gasteiger charge is -2.22. The van der Waals surface area contributed by atoms with Crippen molar-refractivity contribution in [2.75, 3.05) is 0 Å². The van der Waals surface area contributed by atoms with Crippen molar-refractivity contribution in [3.8, 4) is 135 Å². The molecule has 0 unspecified atom stereocenters. The summed E-state index contributed by atoms with van der Waals surface area (Å²) in [6, 6.07) is 147. The van der Waals surface area contributed by atoms with Crippen LogP contribution in [0.2, 0.25) is 0 Å². The molecule has 1 aliphatic carbocycles. The van der Waals surface area contributed by atoms with Gasteiger partial charge in [0, 0.05) is 82.2 Å². The quantitative estimate of drug-likeness (QED) is 0.120. The number of fused-ring (bicyclic) bond motifs is 15. The van der Waals surface area contributed by atoms with Crippen molar-refractivity contribution < 1.29 is 0 Å². The van der Waals surface area contributed by atoms with E-state index in [1.54, 1.807) is 0 Å². The first-order valence-electron chi connectivity index (χ1n) is 40.7. The third-order valence-corrected chi connectivity index (χ3v) is 24.2. The van der Waals surface area contributed by atoms with Gasteiger partial charge in [0.15, 0.2) is 11.6 Å². The molecule has 556 valence electrons. The van der Waals surface area contributed by atoms with Gasteiger partial charge in [-0.15, -0.1) is 0 Å². The summed E-state index contributed by atoms with van der Waals surface area (Å²) in [6.45, 7) is 4.67. The first kappa shape index (κ1) is 70.2.